The summed E-state index contributed by atoms with van der Waals surface area (Å²) in [7, 11) is -5.53. The van der Waals surface area contributed by atoms with Crippen LogP contribution >= 0.6 is 0 Å². The molecule has 15 heavy (non-hydrogen) atoms. The molecule has 88 valence electrons. The van der Waals surface area contributed by atoms with Gasteiger partial charge in [-0.15, -0.1) is 0 Å². The number of hydrogen-bond acceptors (Lipinski definition) is 3. The van der Waals surface area contributed by atoms with Gasteiger partial charge in [0.1, 0.15) is 5.76 Å². The predicted molar refractivity (Wildman–Crippen MR) is 47.2 cm³/mol. The van der Waals surface area contributed by atoms with Crippen molar-refractivity contribution in [1.29, 1.82) is 0 Å². The highest BCUT2D eigenvalue weighted by Gasteiger charge is 2.49. The number of hydrogen-bond donors (Lipinski definition) is 0. The molecule has 0 aromatic carbocycles. The second-order valence-corrected chi connectivity index (χ2v) is 4.97. The Morgan fingerprint density at radius 3 is 2.13 bits per heavy atom. The Morgan fingerprint density at radius 1 is 1.27 bits per heavy atom. The van der Waals surface area contributed by atoms with Crippen molar-refractivity contribution in [2.45, 2.75) is 31.2 Å². The van der Waals surface area contributed by atoms with Crippen LogP contribution in [0.3, 0.4) is 0 Å². The predicted octanol–water partition coefficient (Wildman–Crippen LogP) is 2.56. The van der Waals surface area contributed by atoms with Gasteiger partial charge in [0.05, 0.1) is 0 Å². The highest BCUT2D eigenvalue weighted by molar-refractivity contribution is 7.87. The van der Waals surface area contributed by atoms with Crippen LogP contribution in [0.25, 0.3) is 0 Å². The molecule has 7 heteroatoms. The van der Waals surface area contributed by atoms with E-state index in [0.29, 0.717) is 12.8 Å². The Labute approximate surface area is 86.0 Å². The van der Waals surface area contributed by atoms with E-state index in [2.05, 4.69) is 10.8 Å². The van der Waals surface area contributed by atoms with E-state index in [1.165, 1.54) is 0 Å². The molecule has 0 spiro atoms. The summed E-state index contributed by atoms with van der Waals surface area (Å²) < 4.78 is 60.9. The molecule has 0 aliphatic heterocycles. The number of halogens is 3. The van der Waals surface area contributed by atoms with Gasteiger partial charge in [0, 0.05) is 5.92 Å². The van der Waals surface area contributed by atoms with Crippen molar-refractivity contribution in [2.24, 2.45) is 5.92 Å². The summed E-state index contributed by atoms with van der Waals surface area (Å²) >= 11 is 0. The largest absolute Gasteiger partial charge is 0.534 e. The molecule has 0 atom stereocenters. The molecule has 0 aromatic rings. The highest BCUT2D eigenvalue weighted by atomic mass is 32.2. The normalized spacial score (nSPS) is 19.1. The van der Waals surface area contributed by atoms with Gasteiger partial charge in [0.2, 0.25) is 0 Å². The second kappa shape index (κ2) is 4.03. The quantitative estimate of drug-likeness (QED) is 0.435. The van der Waals surface area contributed by atoms with Crippen molar-refractivity contribution < 1.29 is 25.8 Å². The lowest BCUT2D eigenvalue weighted by Gasteiger charge is -2.15. The van der Waals surface area contributed by atoms with Gasteiger partial charge in [0.25, 0.3) is 0 Å². The summed E-state index contributed by atoms with van der Waals surface area (Å²) in [6.07, 6.45) is 2.98. The van der Waals surface area contributed by atoms with Crippen LogP contribution in [0, 0.1) is 5.92 Å². The zero-order valence-electron chi connectivity index (χ0n) is 7.88. The maximum absolute atomic E-state index is 11.9. The van der Waals surface area contributed by atoms with E-state index in [0.717, 1.165) is 12.8 Å². The third kappa shape index (κ3) is 2.87. The smallest absolute Gasteiger partial charge is 0.381 e. The van der Waals surface area contributed by atoms with Gasteiger partial charge in [0.15, 0.2) is 0 Å². The molecule has 0 radical (unpaired) electrons. The van der Waals surface area contributed by atoms with E-state index in [1.54, 1.807) is 0 Å². The van der Waals surface area contributed by atoms with Crippen molar-refractivity contribution in [3.63, 3.8) is 0 Å². The minimum atomic E-state index is -5.53. The molecule has 0 amide bonds. The molecule has 0 heterocycles. The average Bonchev–Trinajstić information content (AvgIpc) is 2.51. The van der Waals surface area contributed by atoms with Gasteiger partial charge in [-0.25, -0.2) is 0 Å². The maximum atomic E-state index is 11.9. The van der Waals surface area contributed by atoms with Crippen molar-refractivity contribution in [3.05, 3.63) is 12.3 Å². The Morgan fingerprint density at radius 2 is 1.73 bits per heavy atom. The SMILES string of the molecule is C=C(OS(=O)(=O)C(F)(F)F)C1CCCC1. The molecule has 0 bridgehead atoms. The fourth-order valence-corrected chi connectivity index (χ4v) is 2.02. The van der Waals surface area contributed by atoms with E-state index in [1.807, 2.05) is 0 Å². The van der Waals surface area contributed by atoms with Gasteiger partial charge >= 0.3 is 15.6 Å². The summed E-state index contributed by atoms with van der Waals surface area (Å²) in [5, 5.41) is 0. The first-order valence-electron chi connectivity index (χ1n) is 4.43. The monoisotopic (exact) mass is 244 g/mol. The van der Waals surface area contributed by atoms with Crippen molar-refractivity contribution >= 4 is 10.1 Å². The first-order valence-corrected chi connectivity index (χ1v) is 5.84. The second-order valence-electron chi connectivity index (χ2n) is 3.43. The minimum Gasteiger partial charge on any atom is -0.381 e. The summed E-state index contributed by atoms with van der Waals surface area (Å²) in [6, 6.07) is 0. The summed E-state index contributed by atoms with van der Waals surface area (Å²) in [6.45, 7) is 3.23. The maximum Gasteiger partial charge on any atom is 0.534 e. The number of alkyl halides is 3. The Balaban J connectivity index is 2.66. The molecule has 0 unspecified atom stereocenters. The van der Waals surface area contributed by atoms with E-state index >= 15 is 0 Å². The molecule has 3 nitrogen and oxygen atoms in total. The minimum absolute atomic E-state index is 0.276. The zero-order valence-corrected chi connectivity index (χ0v) is 8.70. The van der Waals surface area contributed by atoms with E-state index in [4.69, 9.17) is 0 Å². The van der Waals surface area contributed by atoms with Gasteiger partial charge in [-0.05, 0) is 12.8 Å². The highest BCUT2D eigenvalue weighted by Crippen LogP contribution is 2.34. The van der Waals surface area contributed by atoms with Crippen LogP contribution in [0.1, 0.15) is 25.7 Å². The van der Waals surface area contributed by atoms with Gasteiger partial charge in [-0.3, -0.25) is 0 Å². The number of rotatable bonds is 3. The molecular formula is C8H11F3O3S. The molecule has 0 saturated heterocycles. The van der Waals surface area contributed by atoms with E-state index < -0.39 is 15.6 Å². The third-order valence-corrected chi connectivity index (χ3v) is 3.31. The van der Waals surface area contributed by atoms with Crippen LogP contribution in [0.4, 0.5) is 13.2 Å². The third-order valence-electron chi connectivity index (χ3n) is 2.31. The number of allylic oxidation sites excluding steroid dienone is 1. The molecule has 1 rings (SSSR count). The first kappa shape index (κ1) is 12.4. The van der Waals surface area contributed by atoms with Crippen LogP contribution in [0.5, 0.6) is 0 Å². The Kier molecular flexibility index (Phi) is 3.32. The fourth-order valence-electron chi connectivity index (χ4n) is 1.50. The van der Waals surface area contributed by atoms with Crippen LogP contribution < -0.4 is 0 Å². The molecular weight excluding hydrogens is 233 g/mol. The lowest BCUT2D eigenvalue weighted by atomic mass is 10.1. The average molecular weight is 244 g/mol. The topological polar surface area (TPSA) is 43.4 Å². The molecule has 0 N–H and O–H groups in total. The molecule has 0 aromatic heterocycles. The summed E-state index contributed by atoms with van der Waals surface area (Å²) in [5.41, 5.74) is -5.38. The zero-order chi connectivity index (χ0) is 11.7. The molecule has 1 fully saturated rings. The molecule has 1 aliphatic rings. The van der Waals surface area contributed by atoms with Crippen molar-refractivity contribution in [1.82, 2.24) is 0 Å². The first-order chi connectivity index (χ1) is 6.74. The summed E-state index contributed by atoms with van der Waals surface area (Å²) in [4.78, 5) is 0. The van der Waals surface area contributed by atoms with Gasteiger partial charge in [-0.2, -0.15) is 21.6 Å². The Hall–Kier alpha value is -0.720. The van der Waals surface area contributed by atoms with Crippen LogP contribution in [0.15, 0.2) is 12.3 Å². The van der Waals surface area contributed by atoms with Gasteiger partial charge in [-0.1, -0.05) is 19.4 Å². The summed E-state index contributed by atoms with van der Waals surface area (Å²) in [5.74, 6) is -0.577. The van der Waals surface area contributed by atoms with Crippen LogP contribution in [-0.2, 0) is 14.3 Å². The fraction of sp³-hybridized carbons (Fsp3) is 0.750. The van der Waals surface area contributed by atoms with E-state index in [-0.39, 0.29) is 11.7 Å². The van der Waals surface area contributed by atoms with Crippen molar-refractivity contribution in [2.75, 3.05) is 0 Å². The molecule has 1 saturated carbocycles. The molecule has 1 aliphatic carbocycles. The lowest BCUT2D eigenvalue weighted by Crippen LogP contribution is -2.26. The van der Waals surface area contributed by atoms with Crippen molar-refractivity contribution in [3.8, 4) is 0 Å². The van der Waals surface area contributed by atoms with Crippen LogP contribution in [0.2, 0.25) is 0 Å². The lowest BCUT2D eigenvalue weighted by molar-refractivity contribution is -0.0526. The van der Waals surface area contributed by atoms with Gasteiger partial charge < -0.3 is 4.18 Å². The van der Waals surface area contributed by atoms with Crippen LogP contribution in [-0.4, -0.2) is 13.9 Å². The van der Waals surface area contributed by atoms with E-state index in [9.17, 15) is 21.6 Å². The Bertz CT molecular complexity index is 339. The standard InChI is InChI=1S/C8H11F3O3S/c1-6(7-4-2-3-5-7)14-15(12,13)8(9,10)11/h7H,1-5H2.